The van der Waals surface area contributed by atoms with Crippen molar-refractivity contribution in [3.63, 3.8) is 0 Å². The summed E-state index contributed by atoms with van der Waals surface area (Å²) in [7, 11) is -4.07. The highest BCUT2D eigenvalue weighted by molar-refractivity contribution is 8.01. The van der Waals surface area contributed by atoms with Crippen LogP contribution in [0.25, 0.3) is 0 Å². The van der Waals surface area contributed by atoms with Crippen molar-refractivity contribution in [3.8, 4) is 0 Å². The van der Waals surface area contributed by atoms with Gasteiger partial charge in [0.05, 0.1) is 29.4 Å². The van der Waals surface area contributed by atoms with E-state index >= 15 is 0 Å². The van der Waals surface area contributed by atoms with Gasteiger partial charge in [0.15, 0.2) is 10.0 Å². The number of rotatable bonds is 12. The molecule has 1 fully saturated rings. The lowest BCUT2D eigenvalue weighted by molar-refractivity contribution is -0.137. The van der Waals surface area contributed by atoms with E-state index in [2.05, 4.69) is 15.3 Å². The molecule has 0 unspecified atom stereocenters. The minimum absolute atomic E-state index is 0.0178. The first kappa shape index (κ1) is 29.8. The molecule has 2 aromatic heterocycles. The van der Waals surface area contributed by atoms with Crippen molar-refractivity contribution < 1.29 is 35.9 Å². The summed E-state index contributed by atoms with van der Waals surface area (Å²) < 4.78 is 77.4. The predicted molar refractivity (Wildman–Crippen MR) is 144 cm³/mol. The molecule has 1 saturated heterocycles. The number of anilines is 1. The summed E-state index contributed by atoms with van der Waals surface area (Å²) in [5, 5.41) is 4.64. The van der Waals surface area contributed by atoms with Crippen LogP contribution in [-0.4, -0.2) is 76.0 Å². The van der Waals surface area contributed by atoms with E-state index in [1.54, 1.807) is 10.8 Å². The normalized spacial score (nSPS) is 14.8. The maximum Gasteiger partial charge on any atom is 0.416 e. The van der Waals surface area contributed by atoms with E-state index < -0.39 is 27.7 Å². The van der Waals surface area contributed by atoms with Crippen molar-refractivity contribution >= 4 is 56.1 Å². The van der Waals surface area contributed by atoms with Crippen LogP contribution in [0.4, 0.5) is 18.9 Å². The van der Waals surface area contributed by atoms with Crippen LogP contribution in [0.5, 0.6) is 0 Å². The van der Waals surface area contributed by atoms with Gasteiger partial charge in [-0.2, -0.15) is 37.3 Å². The van der Waals surface area contributed by atoms with Gasteiger partial charge < -0.3 is 9.47 Å². The van der Waals surface area contributed by atoms with Crippen LogP contribution >= 0.6 is 34.4 Å². The lowest BCUT2D eigenvalue weighted by atomic mass is 10.2. The molecule has 212 valence electrons. The van der Waals surface area contributed by atoms with Crippen LogP contribution < -0.4 is 9.84 Å². The van der Waals surface area contributed by atoms with Crippen molar-refractivity contribution in [1.82, 2.24) is 15.3 Å². The number of morpholine rings is 1. The van der Waals surface area contributed by atoms with E-state index in [9.17, 15) is 26.4 Å². The zero-order valence-corrected chi connectivity index (χ0v) is 23.7. The molecule has 1 aliphatic heterocycles. The SMILES string of the molecule is O=C(OCCN1CCOCC1)c1csc(SCCNN(c2ccc(C(F)(F)F)cc2)S(=O)(=O)c2ccsc2)n1. The quantitative estimate of drug-likeness (QED) is 0.138. The Balaban J connectivity index is 1.32. The van der Waals surface area contributed by atoms with Gasteiger partial charge in [0.2, 0.25) is 0 Å². The van der Waals surface area contributed by atoms with Crippen LogP contribution in [0.15, 0.2) is 55.7 Å². The number of carbonyl (C=O) groups is 1. The Labute approximate surface area is 235 Å². The highest BCUT2D eigenvalue weighted by Gasteiger charge is 2.31. The molecule has 39 heavy (non-hydrogen) atoms. The van der Waals surface area contributed by atoms with Gasteiger partial charge in [-0.15, -0.1) is 11.3 Å². The molecule has 1 N–H and O–H groups in total. The summed E-state index contributed by atoms with van der Waals surface area (Å²) in [5.74, 6) is -0.144. The first-order valence-electron chi connectivity index (χ1n) is 11.7. The molecular weight excluding hydrogens is 598 g/mol. The minimum atomic E-state index is -4.54. The van der Waals surface area contributed by atoms with E-state index in [4.69, 9.17) is 9.47 Å². The van der Waals surface area contributed by atoms with Gasteiger partial charge in [-0.3, -0.25) is 4.90 Å². The first-order valence-corrected chi connectivity index (χ1v) is 15.9. The molecule has 1 aromatic carbocycles. The number of esters is 1. The molecule has 4 rings (SSSR count). The molecular formula is C23H25F3N4O5S4. The van der Waals surface area contributed by atoms with Crippen molar-refractivity contribution in [3.05, 3.63) is 57.7 Å². The molecule has 0 atom stereocenters. The third-order valence-electron chi connectivity index (χ3n) is 5.48. The molecule has 0 aliphatic carbocycles. The Hall–Kier alpha value is -2.21. The second kappa shape index (κ2) is 13.4. The van der Waals surface area contributed by atoms with E-state index in [1.807, 2.05) is 0 Å². The largest absolute Gasteiger partial charge is 0.460 e. The second-order valence-electron chi connectivity index (χ2n) is 8.12. The number of hydrazine groups is 1. The summed E-state index contributed by atoms with van der Waals surface area (Å²) in [6, 6.07) is 5.29. The van der Waals surface area contributed by atoms with Crippen LogP contribution in [0.1, 0.15) is 16.1 Å². The zero-order valence-electron chi connectivity index (χ0n) is 20.4. The number of halogens is 3. The molecule has 3 aromatic rings. The zero-order chi connectivity index (χ0) is 27.9. The Morgan fingerprint density at radius 2 is 1.92 bits per heavy atom. The molecule has 0 radical (unpaired) electrons. The number of thioether (sulfide) groups is 1. The standard InChI is InChI=1S/C23H25F3N4O5S4/c24-23(25,26)17-1-3-18(4-2-17)30(39(32,33)19-5-13-36-15-19)27-6-14-37-22-28-20(16-38-22)21(31)35-12-9-29-7-10-34-11-8-29/h1-5,13,15-16,27H,6-12,14H2. The molecule has 3 heterocycles. The molecule has 9 nitrogen and oxygen atoms in total. The van der Waals surface area contributed by atoms with Gasteiger partial charge in [-0.25, -0.2) is 15.2 Å². The van der Waals surface area contributed by atoms with Crippen LogP contribution in [-0.2, 0) is 25.7 Å². The summed E-state index contributed by atoms with van der Waals surface area (Å²) in [5.41, 5.74) is 2.16. The van der Waals surface area contributed by atoms with E-state index in [1.165, 1.54) is 45.9 Å². The first-order chi connectivity index (χ1) is 18.6. The maximum absolute atomic E-state index is 13.2. The van der Waals surface area contributed by atoms with Crippen LogP contribution in [0, 0.1) is 0 Å². The number of ether oxygens (including phenoxy) is 2. The number of nitrogens with one attached hydrogen (secondary N) is 1. The molecule has 1 aliphatic rings. The fourth-order valence-electron chi connectivity index (χ4n) is 3.47. The Kier molecular flexibility index (Phi) is 10.3. The number of aromatic nitrogens is 1. The lowest BCUT2D eigenvalue weighted by Gasteiger charge is -2.26. The number of nitrogens with zero attached hydrogens (tertiary/aromatic N) is 3. The highest BCUT2D eigenvalue weighted by atomic mass is 32.2. The highest BCUT2D eigenvalue weighted by Crippen LogP contribution is 2.32. The Bertz CT molecular complexity index is 1310. The number of thiazole rings is 1. The van der Waals surface area contributed by atoms with Crippen LogP contribution in [0.2, 0.25) is 0 Å². The minimum Gasteiger partial charge on any atom is -0.460 e. The number of hydrogen-bond acceptors (Lipinski definition) is 11. The Morgan fingerprint density at radius 3 is 2.59 bits per heavy atom. The van der Waals surface area contributed by atoms with Gasteiger partial charge in [-0.1, -0.05) is 11.8 Å². The molecule has 16 heteroatoms. The number of carbonyl (C=O) groups excluding carboxylic acids is 1. The molecule has 0 bridgehead atoms. The summed E-state index contributed by atoms with van der Waals surface area (Å²) >= 11 is 3.75. The number of alkyl halides is 3. The van der Waals surface area contributed by atoms with E-state index in [0.717, 1.165) is 41.8 Å². The number of hydrogen-bond donors (Lipinski definition) is 1. The summed E-state index contributed by atoms with van der Waals surface area (Å²) in [6.45, 7) is 3.95. The van der Waals surface area contributed by atoms with Gasteiger partial charge in [0, 0.05) is 42.7 Å². The molecule has 0 spiro atoms. The van der Waals surface area contributed by atoms with Crippen molar-refractivity contribution in [2.24, 2.45) is 0 Å². The maximum atomic E-state index is 13.2. The summed E-state index contributed by atoms with van der Waals surface area (Å²) in [6.07, 6.45) is -4.54. The van der Waals surface area contributed by atoms with Gasteiger partial charge >= 0.3 is 12.1 Å². The number of benzene rings is 1. The topological polar surface area (TPSA) is 101 Å². The van der Waals surface area contributed by atoms with Gasteiger partial charge in [0.25, 0.3) is 10.0 Å². The third-order valence-corrected chi connectivity index (χ3v) is 10.0. The van der Waals surface area contributed by atoms with Gasteiger partial charge in [0.1, 0.15) is 6.61 Å². The van der Waals surface area contributed by atoms with Crippen molar-refractivity contribution in [2.45, 2.75) is 15.4 Å². The van der Waals surface area contributed by atoms with Gasteiger partial charge in [-0.05, 0) is 35.7 Å². The number of sulfonamides is 1. The predicted octanol–water partition coefficient (Wildman–Crippen LogP) is 4.20. The smallest absolute Gasteiger partial charge is 0.416 e. The third kappa shape index (κ3) is 8.15. The van der Waals surface area contributed by atoms with E-state index in [-0.39, 0.29) is 29.4 Å². The molecule has 0 amide bonds. The fraction of sp³-hybridized carbons (Fsp3) is 0.391. The monoisotopic (exact) mass is 622 g/mol. The lowest BCUT2D eigenvalue weighted by Crippen LogP contribution is -2.44. The van der Waals surface area contributed by atoms with E-state index in [0.29, 0.717) is 29.9 Å². The van der Waals surface area contributed by atoms with Crippen molar-refractivity contribution in [1.29, 1.82) is 0 Å². The Morgan fingerprint density at radius 1 is 1.18 bits per heavy atom. The second-order valence-corrected chi connectivity index (χ2v) is 12.9. The average Bonchev–Trinajstić information content (AvgIpc) is 3.62. The fourth-order valence-corrected chi connectivity index (χ4v) is 7.55. The average molecular weight is 623 g/mol. The molecule has 0 saturated carbocycles. The van der Waals surface area contributed by atoms with Crippen molar-refractivity contribution in [2.75, 3.05) is 56.2 Å². The van der Waals surface area contributed by atoms with Crippen LogP contribution in [0.3, 0.4) is 0 Å². The summed E-state index contributed by atoms with van der Waals surface area (Å²) in [4.78, 5) is 18.7. The number of thiophene rings is 1.